The van der Waals surface area contributed by atoms with E-state index in [1.54, 1.807) is 18.3 Å². The van der Waals surface area contributed by atoms with Gasteiger partial charge < -0.3 is 25.7 Å². The van der Waals surface area contributed by atoms with Crippen molar-refractivity contribution in [3.63, 3.8) is 0 Å². The number of H-pyrrole nitrogens is 1. The lowest BCUT2D eigenvalue weighted by Crippen LogP contribution is -2.44. The van der Waals surface area contributed by atoms with Crippen molar-refractivity contribution in [3.05, 3.63) is 84.1 Å². The molecule has 9 heteroatoms. The summed E-state index contributed by atoms with van der Waals surface area (Å²) in [5.41, 5.74) is 3.70. The van der Waals surface area contributed by atoms with Gasteiger partial charge in [-0.25, -0.2) is 4.98 Å². The van der Waals surface area contributed by atoms with Gasteiger partial charge in [0, 0.05) is 35.6 Å². The van der Waals surface area contributed by atoms with E-state index in [2.05, 4.69) is 32.7 Å². The first-order chi connectivity index (χ1) is 17.6. The van der Waals surface area contributed by atoms with Crippen LogP contribution in [0, 0.1) is 5.41 Å². The molecule has 2 aromatic carbocycles. The predicted molar refractivity (Wildman–Crippen MR) is 141 cm³/mol. The second-order valence-electron chi connectivity index (χ2n) is 8.54. The van der Waals surface area contributed by atoms with Crippen molar-refractivity contribution in [1.82, 2.24) is 15.2 Å². The zero-order valence-electron chi connectivity index (χ0n) is 19.9. The van der Waals surface area contributed by atoms with Gasteiger partial charge in [0.25, 0.3) is 5.91 Å². The number of aromatic nitrogens is 3. The van der Waals surface area contributed by atoms with Gasteiger partial charge in [-0.15, -0.1) is 0 Å². The molecular formula is C27H27N7O2. The Balaban J connectivity index is 1.50. The summed E-state index contributed by atoms with van der Waals surface area (Å²) in [7, 11) is 0. The lowest BCUT2D eigenvalue weighted by molar-refractivity contribution is 0.0985. The number of benzene rings is 2. The van der Waals surface area contributed by atoms with Crippen molar-refractivity contribution in [2.45, 2.75) is 13.0 Å². The van der Waals surface area contributed by atoms with Crippen LogP contribution in [0.5, 0.6) is 0 Å². The molecule has 1 fully saturated rings. The first-order valence-corrected chi connectivity index (χ1v) is 11.8. The highest BCUT2D eigenvalue weighted by Gasteiger charge is 2.23. The molecule has 1 aliphatic rings. The highest BCUT2D eigenvalue weighted by molar-refractivity contribution is 6.04. The molecule has 3 heterocycles. The zero-order chi connectivity index (χ0) is 24.9. The minimum absolute atomic E-state index is 0.165. The summed E-state index contributed by atoms with van der Waals surface area (Å²) in [6.45, 7) is 4.10. The number of pyridine rings is 1. The van der Waals surface area contributed by atoms with Crippen LogP contribution in [0.4, 0.5) is 23.1 Å². The monoisotopic (exact) mass is 481 g/mol. The van der Waals surface area contributed by atoms with Crippen LogP contribution in [0.15, 0.2) is 72.9 Å². The summed E-state index contributed by atoms with van der Waals surface area (Å²) in [4.78, 5) is 19.6. The Morgan fingerprint density at radius 2 is 1.97 bits per heavy atom. The normalized spacial score (nSPS) is 15.4. The summed E-state index contributed by atoms with van der Waals surface area (Å²) in [6.07, 6.45) is 2.96. The number of ether oxygens (including phenoxy) is 1. The van der Waals surface area contributed by atoms with Crippen molar-refractivity contribution < 1.29 is 9.53 Å². The van der Waals surface area contributed by atoms with Crippen molar-refractivity contribution in [1.29, 1.82) is 5.41 Å². The summed E-state index contributed by atoms with van der Waals surface area (Å²) in [5.74, 6) is 1.88. The van der Waals surface area contributed by atoms with Crippen molar-refractivity contribution >= 4 is 35.3 Å². The predicted octanol–water partition coefficient (Wildman–Crippen LogP) is 4.69. The quantitative estimate of drug-likeness (QED) is 0.284. The molecule has 1 atom stereocenters. The van der Waals surface area contributed by atoms with Crippen molar-refractivity contribution in [2.24, 2.45) is 0 Å². The van der Waals surface area contributed by atoms with E-state index >= 15 is 0 Å². The van der Waals surface area contributed by atoms with Gasteiger partial charge >= 0.3 is 0 Å². The lowest BCUT2D eigenvalue weighted by atomic mass is 10.00. The van der Waals surface area contributed by atoms with Crippen LogP contribution in [0.3, 0.4) is 0 Å². The molecule has 36 heavy (non-hydrogen) atoms. The number of nitrogens with one attached hydrogen (secondary N) is 4. The van der Waals surface area contributed by atoms with Crippen LogP contribution in [0.25, 0.3) is 11.1 Å². The Hall–Kier alpha value is -4.50. The first kappa shape index (κ1) is 23.3. The number of nitrogens with zero attached hydrogens (tertiary/aromatic N) is 3. The van der Waals surface area contributed by atoms with E-state index in [0.717, 1.165) is 23.5 Å². The molecule has 4 N–H and O–H groups in total. The fourth-order valence-corrected chi connectivity index (χ4v) is 4.22. The smallest absolute Gasteiger partial charge is 0.255 e. The summed E-state index contributed by atoms with van der Waals surface area (Å²) >= 11 is 0. The number of rotatable bonds is 7. The Kier molecular flexibility index (Phi) is 6.72. The molecule has 182 valence electrons. The summed E-state index contributed by atoms with van der Waals surface area (Å²) in [6, 6.07) is 20.7. The molecule has 1 saturated heterocycles. The number of anilines is 4. The van der Waals surface area contributed by atoms with E-state index < -0.39 is 0 Å². The molecule has 2 aromatic heterocycles. The van der Waals surface area contributed by atoms with E-state index in [1.807, 2.05) is 54.6 Å². The average Bonchev–Trinajstić information content (AvgIpc) is 3.42. The van der Waals surface area contributed by atoms with Crippen LogP contribution in [0.2, 0.25) is 0 Å². The molecule has 5 rings (SSSR count). The average molecular weight is 482 g/mol. The molecular weight excluding hydrogens is 454 g/mol. The van der Waals surface area contributed by atoms with Gasteiger partial charge in [-0.2, -0.15) is 5.10 Å². The lowest BCUT2D eigenvalue weighted by Gasteiger charge is -2.35. The number of carbonyl (C=O) groups is 1. The third-order valence-corrected chi connectivity index (χ3v) is 6.09. The minimum atomic E-state index is -0.165. The second-order valence-corrected chi connectivity index (χ2v) is 8.54. The zero-order valence-corrected chi connectivity index (χ0v) is 19.9. The van der Waals surface area contributed by atoms with E-state index in [0.29, 0.717) is 41.7 Å². The number of hydrogen-bond donors (Lipinski definition) is 4. The maximum atomic E-state index is 12.5. The standard InChI is InChI=1S/C27H27N7O2/c1-18-17-36-14-13-34(18)25-15-22(23(16-28)26(32-25)31-24-11-12-29-33-24)19-7-9-21(10-8-19)30-27(35)20-5-3-2-4-6-20/h2-12,15-16,18,28H,13-14,17H2,1H3,(H,30,35)(H2,29,31,32,33)/t18-/m1/s1. The van der Waals surface area contributed by atoms with Gasteiger partial charge in [-0.05, 0) is 48.4 Å². The Bertz CT molecular complexity index is 1340. The number of morpholine rings is 1. The minimum Gasteiger partial charge on any atom is -0.377 e. The second kappa shape index (κ2) is 10.4. The van der Waals surface area contributed by atoms with E-state index in [-0.39, 0.29) is 11.9 Å². The molecule has 0 unspecified atom stereocenters. The molecule has 0 radical (unpaired) electrons. The number of carbonyl (C=O) groups excluding carboxylic acids is 1. The first-order valence-electron chi connectivity index (χ1n) is 11.8. The molecule has 0 spiro atoms. The third kappa shape index (κ3) is 4.96. The number of amides is 1. The molecule has 0 saturated carbocycles. The van der Waals surface area contributed by atoms with Crippen LogP contribution in [0.1, 0.15) is 22.8 Å². The maximum absolute atomic E-state index is 12.5. The molecule has 1 aliphatic heterocycles. The molecule has 0 bridgehead atoms. The largest absolute Gasteiger partial charge is 0.377 e. The Morgan fingerprint density at radius 3 is 2.67 bits per heavy atom. The van der Waals surface area contributed by atoms with Gasteiger partial charge in [0.15, 0.2) is 0 Å². The van der Waals surface area contributed by atoms with Gasteiger partial charge in [0.05, 0.1) is 25.5 Å². The summed E-state index contributed by atoms with van der Waals surface area (Å²) < 4.78 is 5.62. The van der Waals surface area contributed by atoms with Crippen molar-refractivity contribution in [3.8, 4) is 11.1 Å². The highest BCUT2D eigenvalue weighted by atomic mass is 16.5. The van der Waals surface area contributed by atoms with E-state index in [1.165, 1.54) is 6.21 Å². The number of hydrogen-bond acceptors (Lipinski definition) is 7. The van der Waals surface area contributed by atoms with Crippen LogP contribution in [-0.2, 0) is 4.74 Å². The van der Waals surface area contributed by atoms with Crippen LogP contribution < -0.4 is 15.5 Å². The SMILES string of the molecule is C[C@@H]1COCCN1c1cc(-c2ccc(NC(=O)c3ccccc3)cc2)c(C=N)c(Nc2ccn[nH]2)n1. The molecule has 1 amide bonds. The molecule has 0 aliphatic carbocycles. The van der Waals surface area contributed by atoms with E-state index in [9.17, 15) is 4.79 Å². The summed E-state index contributed by atoms with van der Waals surface area (Å²) in [5, 5.41) is 21.3. The third-order valence-electron chi connectivity index (χ3n) is 6.09. The van der Waals surface area contributed by atoms with Gasteiger partial charge in [0.2, 0.25) is 0 Å². The van der Waals surface area contributed by atoms with Crippen molar-refractivity contribution in [2.75, 3.05) is 35.3 Å². The molecule has 4 aromatic rings. The van der Waals surface area contributed by atoms with Crippen LogP contribution in [-0.4, -0.2) is 53.1 Å². The van der Waals surface area contributed by atoms with Crippen LogP contribution >= 0.6 is 0 Å². The topological polar surface area (TPSA) is 119 Å². The Labute approximate surface area is 209 Å². The maximum Gasteiger partial charge on any atom is 0.255 e. The van der Waals surface area contributed by atoms with E-state index in [4.69, 9.17) is 15.1 Å². The highest BCUT2D eigenvalue weighted by Crippen LogP contribution is 2.34. The van der Waals surface area contributed by atoms with Gasteiger partial charge in [-0.3, -0.25) is 9.89 Å². The fraction of sp³-hybridized carbons (Fsp3) is 0.185. The number of aromatic amines is 1. The molecule has 9 nitrogen and oxygen atoms in total. The van der Waals surface area contributed by atoms with Gasteiger partial charge in [0.1, 0.15) is 17.5 Å². The van der Waals surface area contributed by atoms with Gasteiger partial charge in [-0.1, -0.05) is 30.3 Å². The fourth-order valence-electron chi connectivity index (χ4n) is 4.22. The Morgan fingerprint density at radius 1 is 1.17 bits per heavy atom.